The molecule has 0 saturated carbocycles. The summed E-state index contributed by atoms with van der Waals surface area (Å²) in [4.78, 5) is 10.7. The molecule has 0 aliphatic carbocycles. The zero-order chi connectivity index (χ0) is 14.6. The van der Waals surface area contributed by atoms with Gasteiger partial charge in [-0.2, -0.15) is 4.72 Å². The standard InChI is InChI=1S/C10H11BrClNO5S/c11-7-5-6(1-2-8(7)12)19(17,18)13-9(3-4-14)10(15)16/h1-2,5,9,13-14H,3-4H2,(H,15,16). The Morgan fingerprint density at radius 2 is 2.11 bits per heavy atom. The first-order valence-electron chi connectivity index (χ1n) is 5.09. The maximum atomic E-state index is 12.0. The molecule has 0 fully saturated rings. The maximum Gasteiger partial charge on any atom is 0.321 e. The van der Waals surface area contributed by atoms with Crippen LogP contribution in [0.1, 0.15) is 6.42 Å². The van der Waals surface area contributed by atoms with Gasteiger partial charge in [0.05, 0.1) is 9.92 Å². The molecule has 1 rings (SSSR count). The van der Waals surface area contributed by atoms with Crippen LogP contribution in [-0.2, 0) is 14.8 Å². The van der Waals surface area contributed by atoms with Gasteiger partial charge in [0.1, 0.15) is 6.04 Å². The molecular formula is C10H11BrClNO5S. The van der Waals surface area contributed by atoms with E-state index in [-0.39, 0.29) is 11.3 Å². The van der Waals surface area contributed by atoms with Gasteiger partial charge < -0.3 is 10.2 Å². The van der Waals surface area contributed by atoms with E-state index in [0.717, 1.165) is 0 Å². The molecule has 0 bridgehead atoms. The SMILES string of the molecule is O=C(O)C(CCO)NS(=O)(=O)c1ccc(Cl)c(Br)c1. The van der Waals surface area contributed by atoms with Crippen molar-refractivity contribution < 1.29 is 23.4 Å². The first kappa shape index (κ1) is 16.4. The minimum atomic E-state index is -4.00. The van der Waals surface area contributed by atoms with Crippen molar-refractivity contribution in [2.75, 3.05) is 6.61 Å². The van der Waals surface area contributed by atoms with Crippen molar-refractivity contribution in [3.8, 4) is 0 Å². The van der Waals surface area contributed by atoms with Gasteiger partial charge in [-0.3, -0.25) is 4.79 Å². The van der Waals surface area contributed by atoms with E-state index in [1.54, 1.807) is 0 Å². The summed E-state index contributed by atoms with van der Waals surface area (Å²) >= 11 is 8.83. The van der Waals surface area contributed by atoms with Crippen molar-refractivity contribution in [3.63, 3.8) is 0 Å². The third kappa shape index (κ3) is 4.43. The second-order valence-corrected chi connectivity index (χ2v) is 6.58. The summed E-state index contributed by atoms with van der Waals surface area (Å²) in [5, 5.41) is 17.9. The smallest absolute Gasteiger partial charge is 0.321 e. The van der Waals surface area contributed by atoms with Gasteiger partial charge in [0.15, 0.2) is 0 Å². The van der Waals surface area contributed by atoms with Crippen LogP contribution in [0.5, 0.6) is 0 Å². The second-order valence-electron chi connectivity index (χ2n) is 3.60. The average molecular weight is 373 g/mol. The van der Waals surface area contributed by atoms with Crippen LogP contribution in [0.3, 0.4) is 0 Å². The third-order valence-electron chi connectivity index (χ3n) is 2.21. The van der Waals surface area contributed by atoms with Gasteiger partial charge in [0.25, 0.3) is 0 Å². The number of halogens is 2. The van der Waals surface area contributed by atoms with Gasteiger partial charge in [-0.1, -0.05) is 11.6 Å². The van der Waals surface area contributed by atoms with E-state index in [1.165, 1.54) is 18.2 Å². The molecule has 3 N–H and O–H groups in total. The first-order chi connectivity index (χ1) is 8.77. The van der Waals surface area contributed by atoms with Crippen LogP contribution < -0.4 is 4.72 Å². The summed E-state index contributed by atoms with van der Waals surface area (Å²) in [7, 11) is -4.00. The third-order valence-corrected chi connectivity index (χ3v) is 4.90. The van der Waals surface area contributed by atoms with Crippen LogP contribution in [0.2, 0.25) is 5.02 Å². The Labute approximate surface area is 123 Å². The molecule has 0 aliphatic rings. The second kappa shape index (κ2) is 6.67. The highest BCUT2D eigenvalue weighted by Gasteiger charge is 2.25. The van der Waals surface area contributed by atoms with Gasteiger partial charge >= 0.3 is 5.97 Å². The molecule has 1 aromatic rings. The lowest BCUT2D eigenvalue weighted by molar-refractivity contribution is -0.139. The molecule has 0 aliphatic heterocycles. The Hall–Kier alpha value is -0.670. The predicted molar refractivity (Wildman–Crippen MR) is 72.6 cm³/mol. The van der Waals surface area contributed by atoms with Crippen molar-refractivity contribution in [2.24, 2.45) is 0 Å². The number of hydrogen-bond acceptors (Lipinski definition) is 4. The summed E-state index contributed by atoms with van der Waals surface area (Å²) < 4.78 is 26.3. The maximum absolute atomic E-state index is 12.0. The van der Waals surface area contributed by atoms with Gasteiger partial charge in [-0.15, -0.1) is 0 Å². The number of sulfonamides is 1. The number of aliphatic hydroxyl groups excluding tert-OH is 1. The lowest BCUT2D eigenvalue weighted by Gasteiger charge is -2.14. The van der Waals surface area contributed by atoms with Gasteiger partial charge in [0, 0.05) is 11.1 Å². The Balaban J connectivity index is 3.03. The number of benzene rings is 1. The first-order valence-corrected chi connectivity index (χ1v) is 7.74. The quantitative estimate of drug-likeness (QED) is 0.696. The minimum absolute atomic E-state index is 0.118. The lowest BCUT2D eigenvalue weighted by atomic mass is 10.2. The minimum Gasteiger partial charge on any atom is -0.480 e. The fourth-order valence-corrected chi connectivity index (χ4v) is 3.16. The number of hydrogen-bond donors (Lipinski definition) is 3. The molecule has 1 unspecified atom stereocenters. The number of carbonyl (C=O) groups is 1. The average Bonchev–Trinajstić information content (AvgIpc) is 2.31. The number of nitrogens with one attached hydrogen (secondary N) is 1. The summed E-state index contributed by atoms with van der Waals surface area (Å²) in [5.41, 5.74) is 0. The highest BCUT2D eigenvalue weighted by molar-refractivity contribution is 9.10. The largest absolute Gasteiger partial charge is 0.480 e. The van der Waals surface area contributed by atoms with Crippen molar-refractivity contribution in [1.82, 2.24) is 4.72 Å². The van der Waals surface area contributed by atoms with Crippen LogP contribution >= 0.6 is 27.5 Å². The summed E-state index contributed by atoms with van der Waals surface area (Å²) in [6.45, 7) is -0.441. The Morgan fingerprint density at radius 1 is 1.47 bits per heavy atom. The molecule has 0 amide bonds. The van der Waals surface area contributed by atoms with Crippen molar-refractivity contribution >= 4 is 43.5 Å². The molecular weight excluding hydrogens is 362 g/mol. The molecule has 0 radical (unpaired) electrons. The highest BCUT2D eigenvalue weighted by atomic mass is 79.9. The summed E-state index contributed by atoms with van der Waals surface area (Å²) in [6.07, 6.45) is -0.219. The molecule has 0 aromatic heterocycles. The normalized spacial score (nSPS) is 13.2. The summed E-state index contributed by atoms with van der Waals surface area (Å²) in [6, 6.07) is 2.52. The topological polar surface area (TPSA) is 104 Å². The number of carboxylic acid groups (broad SMARTS) is 1. The predicted octanol–water partition coefficient (Wildman–Crippen LogP) is 1.22. The van der Waals surface area contributed by atoms with Crippen LogP contribution in [0.4, 0.5) is 0 Å². The monoisotopic (exact) mass is 371 g/mol. The fourth-order valence-electron chi connectivity index (χ4n) is 1.26. The van der Waals surface area contributed by atoms with Crippen molar-refractivity contribution in [1.29, 1.82) is 0 Å². The van der Waals surface area contributed by atoms with E-state index in [1.807, 2.05) is 4.72 Å². The van der Waals surface area contributed by atoms with Crippen LogP contribution in [0.25, 0.3) is 0 Å². The Kier molecular flexibility index (Phi) is 5.75. The van der Waals surface area contributed by atoms with E-state index in [2.05, 4.69) is 15.9 Å². The highest BCUT2D eigenvalue weighted by Crippen LogP contribution is 2.25. The van der Waals surface area contributed by atoms with Crippen LogP contribution in [0, 0.1) is 0 Å². The van der Waals surface area contributed by atoms with Crippen molar-refractivity contribution in [2.45, 2.75) is 17.4 Å². The molecule has 9 heteroatoms. The molecule has 0 saturated heterocycles. The van der Waals surface area contributed by atoms with Crippen LogP contribution in [-0.4, -0.2) is 37.2 Å². The number of rotatable bonds is 6. The molecule has 19 heavy (non-hydrogen) atoms. The molecule has 0 spiro atoms. The molecule has 1 atom stereocenters. The van der Waals surface area contributed by atoms with E-state index in [9.17, 15) is 13.2 Å². The van der Waals surface area contributed by atoms with Gasteiger partial charge in [0.2, 0.25) is 10.0 Å². The lowest BCUT2D eigenvalue weighted by Crippen LogP contribution is -2.41. The van der Waals surface area contributed by atoms with Crippen molar-refractivity contribution in [3.05, 3.63) is 27.7 Å². The zero-order valence-electron chi connectivity index (χ0n) is 9.51. The number of aliphatic hydroxyl groups is 1. The molecule has 0 heterocycles. The van der Waals surface area contributed by atoms with E-state index < -0.39 is 28.6 Å². The van der Waals surface area contributed by atoms with Gasteiger partial charge in [-0.05, 0) is 40.5 Å². The Morgan fingerprint density at radius 3 is 2.58 bits per heavy atom. The number of carboxylic acids is 1. The van der Waals surface area contributed by atoms with E-state index >= 15 is 0 Å². The van der Waals surface area contributed by atoms with E-state index in [0.29, 0.717) is 9.50 Å². The van der Waals surface area contributed by atoms with Crippen LogP contribution in [0.15, 0.2) is 27.6 Å². The van der Waals surface area contributed by atoms with E-state index in [4.69, 9.17) is 21.8 Å². The summed E-state index contributed by atoms with van der Waals surface area (Å²) in [5.74, 6) is -1.36. The zero-order valence-corrected chi connectivity index (χ0v) is 12.7. The molecule has 106 valence electrons. The molecule has 6 nitrogen and oxygen atoms in total. The van der Waals surface area contributed by atoms with Gasteiger partial charge in [-0.25, -0.2) is 8.42 Å². The number of aliphatic carboxylic acids is 1. The Bertz CT molecular complexity index is 577. The fraction of sp³-hybridized carbons (Fsp3) is 0.300. The molecule has 1 aromatic carbocycles.